The van der Waals surface area contributed by atoms with Gasteiger partial charge >= 0.3 is 5.97 Å². The van der Waals surface area contributed by atoms with E-state index in [0.29, 0.717) is 6.61 Å². The molecule has 1 fully saturated rings. The molecule has 3 rings (SSSR count). The highest BCUT2D eigenvalue weighted by Gasteiger charge is 2.52. The molecule has 168 valence electrons. The maximum Gasteiger partial charge on any atom is 0.310 e. The highest BCUT2D eigenvalue weighted by atomic mass is 16.6. The molecule has 0 N–H and O–H groups in total. The minimum absolute atomic E-state index is 0.0121. The number of carbonyl (C=O) groups is 1. The van der Waals surface area contributed by atoms with Crippen LogP contribution < -0.4 is 4.74 Å². The molecule has 0 radical (unpaired) electrons. The molecular weight excluding hydrogens is 386 g/mol. The lowest BCUT2D eigenvalue weighted by Crippen LogP contribution is -2.48. The normalized spacial score (nSPS) is 19.9. The van der Waals surface area contributed by atoms with E-state index in [1.165, 1.54) is 11.1 Å². The number of benzene rings is 2. The van der Waals surface area contributed by atoms with Crippen LogP contribution in [0.3, 0.4) is 0 Å². The van der Waals surface area contributed by atoms with Crippen LogP contribution in [-0.4, -0.2) is 42.2 Å². The number of likely N-dealkylation sites (tertiary alicyclic amines) is 1. The van der Waals surface area contributed by atoms with Crippen molar-refractivity contribution in [2.75, 3.05) is 20.3 Å². The van der Waals surface area contributed by atoms with Gasteiger partial charge in [-0.15, -0.1) is 0 Å². The molecule has 1 atom stereocenters. The Morgan fingerprint density at radius 1 is 0.968 bits per heavy atom. The topological polar surface area (TPSA) is 38.8 Å². The summed E-state index contributed by atoms with van der Waals surface area (Å²) in [6.45, 7) is 11.4. The van der Waals surface area contributed by atoms with Crippen LogP contribution >= 0.6 is 0 Å². The van der Waals surface area contributed by atoms with Crippen molar-refractivity contribution in [1.29, 1.82) is 0 Å². The predicted octanol–water partition coefficient (Wildman–Crippen LogP) is 5.74. The Bertz CT molecular complexity index is 868. The first-order valence-electron chi connectivity index (χ1n) is 11.4. The maximum absolute atomic E-state index is 12.7. The molecule has 4 nitrogen and oxygen atoms in total. The van der Waals surface area contributed by atoms with Crippen LogP contribution in [0.25, 0.3) is 11.1 Å². The smallest absolute Gasteiger partial charge is 0.310 e. The summed E-state index contributed by atoms with van der Waals surface area (Å²) in [5.74, 6) is 0.521. The Morgan fingerprint density at radius 3 is 2.06 bits per heavy atom. The number of esters is 1. The van der Waals surface area contributed by atoms with Crippen molar-refractivity contribution in [3.8, 4) is 16.9 Å². The van der Waals surface area contributed by atoms with E-state index in [9.17, 15) is 4.79 Å². The average molecular weight is 424 g/mol. The van der Waals surface area contributed by atoms with E-state index in [-0.39, 0.29) is 29.6 Å². The van der Waals surface area contributed by atoms with Crippen molar-refractivity contribution in [3.63, 3.8) is 0 Å². The summed E-state index contributed by atoms with van der Waals surface area (Å²) in [5, 5.41) is 0. The van der Waals surface area contributed by atoms with Crippen LogP contribution in [-0.2, 0) is 16.0 Å². The lowest BCUT2D eigenvalue weighted by Gasteiger charge is -2.37. The Hall–Kier alpha value is -2.33. The SMILES string of the molecule is CCCc1ccc(-c2ccc(OCCOC(=O)C3CC(C)(C)N(C)C3(C)C)cc2)cc1. The summed E-state index contributed by atoms with van der Waals surface area (Å²) in [7, 11) is 2.08. The number of carbonyl (C=O) groups excluding carboxylic acids is 1. The third-order valence-electron chi connectivity index (χ3n) is 6.89. The van der Waals surface area contributed by atoms with Crippen LogP contribution in [0, 0.1) is 5.92 Å². The van der Waals surface area contributed by atoms with Gasteiger partial charge in [-0.3, -0.25) is 9.69 Å². The number of hydrogen-bond donors (Lipinski definition) is 0. The van der Waals surface area contributed by atoms with Crippen molar-refractivity contribution in [1.82, 2.24) is 4.90 Å². The Kier molecular flexibility index (Phi) is 7.10. The Morgan fingerprint density at radius 2 is 1.55 bits per heavy atom. The third-order valence-corrected chi connectivity index (χ3v) is 6.89. The van der Waals surface area contributed by atoms with Gasteiger partial charge in [-0.1, -0.05) is 49.7 Å². The van der Waals surface area contributed by atoms with Crippen molar-refractivity contribution in [2.45, 2.75) is 65.0 Å². The molecule has 1 aliphatic heterocycles. The highest BCUT2D eigenvalue weighted by Crippen LogP contribution is 2.44. The summed E-state index contributed by atoms with van der Waals surface area (Å²) in [6, 6.07) is 16.8. The zero-order valence-corrected chi connectivity index (χ0v) is 19.9. The first-order chi connectivity index (χ1) is 14.6. The van der Waals surface area contributed by atoms with Crippen LogP contribution in [0.1, 0.15) is 53.0 Å². The maximum atomic E-state index is 12.7. The first kappa shape index (κ1) is 23.3. The minimum atomic E-state index is -0.216. The zero-order chi connectivity index (χ0) is 22.6. The van der Waals surface area contributed by atoms with Gasteiger partial charge in [-0.25, -0.2) is 0 Å². The molecule has 0 aromatic heterocycles. The van der Waals surface area contributed by atoms with E-state index in [4.69, 9.17) is 9.47 Å². The van der Waals surface area contributed by atoms with Gasteiger partial charge in [0.05, 0.1) is 5.92 Å². The van der Waals surface area contributed by atoms with Gasteiger partial charge < -0.3 is 9.47 Å². The lowest BCUT2D eigenvalue weighted by atomic mass is 9.87. The second-order valence-corrected chi connectivity index (χ2v) is 9.77. The molecule has 0 saturated carbocycles. The summed E-state index contributed by atoms with van der Waals surface area (Å²) in [5.41, 5.74) is 3.51. The van der Waals surface area contributed by atoms with E-state index in [0.717, 1.165) is 30.6 Å². The molecule has 1 saturated heterocycles. The van der Waals surface area contributed by atoms with Crippen molar-refractivity contribution in [3.05, 3.63) is 54.1 Å². The van der Waals surface area contributed by atoms with Crippen molar-refractivity contribution < 1.29 is 14.3 Å². The van der Waals surface area contributed by atoms with E-state index in [1.54, 1.807) is 0 Å². The van der Waals surface area contributed by atoms with Crippen LogP contribution in [0.5, 0.6) is 5.75 Å². The number of aryl methyl sites for hydroxylation is 1. The van der Waals surface area contributed by atoms with Gasteiger partial charge in [0.15, 0.2) is 0 Å². The van der Waals surface area contributed by atoms with Gasteiger partial charge in [0.1, 0.15) is 19.0 Å². The molecule has 1 aliphatic rings. The Labute approximate surface area is 187 Å². The summed E-state index contributed by atoms with van der Waals surface area (Å²) < 4.78 is 11.3. The molecule has 4 heteroatoms. The second-order valence-electron chi connectivity index (χ2n) is 9.77. The van der Waals surface area contributed by atoms with E-state index >= 15 is 0 Å². The standard InChI is InChI=1S/C27H37NO3/c1-7-8-20-9-11-21(12-10-20)22-13-15-23(16-14-22)30-17-18-31-25(29)24-19-26(2,3)28(6)27(24,4)5/h9-16,24H,7-8,17-19H2,1-6H3. The number of hydrogen-bond acceptors (Lipinski definition) is 4. The van der Waals surface area contributed by atoms with Crippen molar-refractivity contribution in [2.24, 2.45) is 5.92 Å². The third kappa shape index (κ3) is 5.30. The fourth-order valence-electron chi connectivity index (χ4n) is 4.57. The lowest BCUT2D eigenvalue weighted by molar-refractivity contribution is -0.151. The molecule has 0 spiro atoms. The molecule has 31 heavy (non-hydrogen) atoms. The number of rotatable bonds is 8. The summed E-state index contributed by atoms with van der Waals surface area (Å²) in [6.07, 6.45) is 3.08. The van der Waals surface area contributed by atoms with Crippen LogP contribution in [0.2, 0.25) is 0 Å². The average Bonchev–Trinajstić information content (AvgIpc) is 2.91. The highest BCUT2D eigenvalue weighted by molar-refractivity contribution is 5.75. The largest absolute Gasteiger partial charge is 0.490 e. The Balaban J connectivity index is 1.47. The molecular formula is C27H37NO3. The van der Waals surface area contributed by atoms with Crippen molar-refractivity contribution >= 4 is 5.97 Å². The quantitative estimate of drug-likeness (QED) is 0.401. The molecule has 2 aromatic carbocycles. The molecule has 0 aliphatic carbocycles. The monoisotopic (exact) mass is 423 g/mol. The molecule has 2 aromatic rings. The van der Waals surface area contributed by atoms with Gasteiger partial charge in [0, 0.05) is 11.1 Å². The van der Waals surface area contributed by atoms with E-state index in [2.05, 4.69) is 83.0 Å². The van der Waals surface area contributed by atoms with Gasteiger partial charge in [-0.05, 0) is 76.4 Å². The number of nitrogens with zero attached hydrogens (tertiary/aromatic N) is 1. The van der Waals surface area contributed by atoms with Gasteiger partial charge in [0.25, 0.3) is 0 Å². The zero-order valence-electron chi connectivity index (χ0n) is 19.9. The number of ether oxygens (including phenoxy) is 2. The first-order valence-corrected chi connectivity index (χ1v) is 11.4. The minimum Gasteiger partial charge on any atom is -0.490 e. The fraction of sp³-hybridized carbons (Fsp3) is 0.519. The predicted molar refractivity (Wildman–Crippen MR) is 126 cm³/mol. The summed E-state index contributed by atoms with van der Waals surface area (Å²) >= 11 is 0. The molecule has 1 unspecified atom stereocenters. The van der Waals surface area contributed by atoms with Gasteiger partial charge in [-0.2, -0.15) is 0 Å². The molecule has 0 amide bonds. The fourth-order valence-corrected chi connectivity index (χ4v) is 4.57. The van der Waals surface area contributed by atoms with E-state index in [1.807, 2.05) is 12.1 Å². The van der Waals surface area contributed by atoms with E-state index < -0.39 is 0 Å². The van der Waals surface area contributed by atoms with Crippen LogP contribution in [0.4, 0.5) is 0 Å². The molecule has 0 bridgehead atoms. The summed E-state index contributed by atoms with van der Waals surface area (Å²) in [4.78, 5) is 14.9. The molecule has 1 heterocycles. The second kappa shape index (κ2) is 9.44. The van der Waals surface area contributed by atoms with Crippen LogP contribution in [0.15, 0.2) is 48.5 Å². The van der Waals surface area contributed by atoms with Gasteiger partial charge in [0.2, 0.25) is 0 Å².